The summed E-state index contributed by atoms with van der Waals surface area (Å²) in [6.45, 7) is 2.20. The molecule has 1 heterocycles. The van der Waals surface area contributed by atoms with Crippen molar-refractivity contribution in [3.05, 3.63) is 23.5 Å². The molecule has 0 aromatic carbocycles. The monoisotopic (exact) mass is 164 g/mol. The molecule has 64 valence electrons. The van der Waals surface area contributed by atoms with Gasteiger partial charge >= 0.3 is 0 Å². The predicted octanol–water partition coefficient (Wildman–Crippen LogP) is 0.881. The molecule has 1 N–H and O–H groups in total. The molecule has 0 unspecified atom stereocenters. The van der Waals surface area contributed by atoms with E-state index in [4.69, 9.17) is 5.11 Å². The topological polar surface area (TPSA) is 46.0 Å². The van der Waals surface area contributed by atoms with Crippen molar-refractivity contribution in [3.8, 4) is 0 Å². The van der Waals surface area contributed by atoms with E-state index in [-0.39, 0.29) is 6.61 Å². The lowest BCUT2D eigenvalue weighted by Crippen LogP contribution is -1.94. The minimum atomic E-state index is 0.278. The second-order valence-electron chi connectivity index (χ2n) is 3.38. The molecule has 3 nitrogen and oxygen atoms in total. The summed E-state index contributed by atoms with van der Waals surface area (Å²) in [6, 6.07) is 3.97. The van der Waals surface area contributed by atoms with Crippen LogP contribution >= 0.6 is 0 Å². The van der Waals surface area contributed by atoms with Gasteiger partial charge in [0, 0.05) is 12.5 Å². The summed E-state index contributed by atoms with van der Waals surface area (Å²) < 4.78 is 0. The number of rotatable bonds is 2. The molecular formula is C9H12N2O. The molecule has 1 aromatic rings. The van der Waals surface area contributed by atoms with Crippen molar-refractivity contribution in [1.29, 1.82) is 0 Å². The number of nitrogens with zero attached hydrogens (tertiary/aromatic N) is 2. The highest BCUT2D eigenvalue weighted by molar-refractivity contribution is 5.17. The fraction of sp³-hybridized carbons (Fsp3) is 0.556. The van der Waals surface area contributed by atoms with Crippen molar-refractivity contribution in [2.75, 3.05) is 6.61 Å². The lowest BCUT2D eigenvalue weighted by atomic mass is 10.2. The molecule has 1 fully saturated rings. The number of aromatic nitrogens is 2. The van der Waals surface area contributed by atoms with Crippen LogP contribution in [0.4, 0.5) is 0 Å². The number of hydrogen-bond acceptors (Lipinski definition) is 3. The second-order valence-corrected chi connectivity index (χ2v) is 3.38. The summed E-state index contributed by atoms with van der Waals surface area (Å²) in [4.78, 5) is 0. The molecule has 0 radical (unpaired) electrons. The van der Waals surface area contributed by atoms with Gasteiger partial charge in [0.1, 0.15) is 0 Å². The summed E-state index contributed by atoms with van der Waals surface area (Å²) in [5.74, 6) is 0.894. The van der Waals surface area contributed by atoms with Crippen LogP contribution in [0.2, 0.25) is 0 Å². The fourth-order valence-electron chi connectivity index (χ4n) is 1.42. The molecule has 1 aromatic heterocycles. The summed E-state index contributed by atoms with van der Waals surface area (Å²) in [7, 11) is 0. The van der Waals surface area contributed by atoms with Crippen molar-refractivity contribution >= 4 is 0 Å². The van der Waals surface area contributed by atoms with Crippen molar-refractivity contribution in [3.63, 3.8) is 0 Å². The first-order valence-electron chi connectivity index (χ1n) is 4.22. The Hall–Kier alpha value is -0.960. The molecule has 2 atom stereocenters. The maximum Gasteiger partial charge on any atom is 0.0665 e. The van der Waals surface area contributed by atoms with Crippen LogP contribution in [0.1, 0.15) is 23.7 Å². The van der Waals surface area contributed by atoms with E-state index in [0.29, 0.717) is 11.8 Å². The zero-order chi connectivity index (χ0) is 8.55. The Labute approximate surface area is 71.5 Å². The van der Waals surface area contributed by atoms with Crippen LogP contribution in [0.15, 0.2) is 12.1 Å². The summed E-state index contributed by atoms with van der Waals surface area (Å²) in [5, 5.41) is 16.9. The van der Waals surface area contributed by atoms with Gasteiger partial charge in [-0.05, 0) is 31.4 Å². The molecule has 3 heteroatoms. The van der Waals surface area contributed by atoms with E-state index >= 15 is 0 Å². The molecule has 1 saturated carbocycles. The third-order valence-electron chi connectivity index (χ3n) is 2.36. The lowest BCUT2D eigenvalue weighted by Gasteiger charge is -1.96. The van der Waals surface area contributed by atoms with Crippen LogP contribution in [0.25, 0.3) is 0 Å². The molecule has 1 aliphatic rings. The predicted molar refractivity (Wildman–Crippen MR) is 44.7 cm³/mol. The maximum absolute atomic E-state index is 8.84. The summed E-state index contributed by atoms with van der Waals surface area (Å²) in [6.07, 6.45) is 1.06. The van der Waals surface area contributed by atoms with Gasteiger partial charge in [0.05, 0.1) is 11.4 Å². The molecular weight excluding hydrogens is 152 g/mol. The van der Waals surface area contributed by atoms with Crippen LogP contribution < -0.4 is 0 Å². The van der Waals surface area contributed by atoms with Crippen molar-refractivity contribution in [2.24, 2.45) is 5.92 Å². The molecule has 12 heavy (non-hydrogen) atoms. The molecule has 0 bridgehead atoms. The molecule has 2 rings (SSSR count). The van der Waals surface area contributed by atoms with Gasteiger partial charge in [-0.25, -0.2) is 0 Å². The Morgan fingerprint density at radius 2 is 2.33 bits per heavy atom. The van der Waals surface area contributed by atoms with E-state index in [2.05, 4.69) is 10.2 Å². The van der Waals surface area contributed by atoms with E-state index < -0.39 is 0 Å². The minimum absolute atomic E-state index is 0.278. The largest absolute Gasteiger partial charge is 0.396 e. The highest BCUT2D eigenvalue weighted by Gasteiger charge is 2.38. The molecule has 0 saturated heterocycles. The third-order valence-corrected chi connectivity index (χ3v) is 2.36. The van der Waals surface area contributed by atoms with Gasteiger partial charge in [0.15, 0.2) is 0 Å². The molecule has 1 aliphatic carbocycles. The minimum Gasteiger partial charge on any atom is -0.396 e. The molecule has 0 amide bonds. The zero-order valence-corrected chi connectivity index (χ0v) is 7.07. The van der Waals surface area contributed by atoms with Gasteiger partial charge in [-0.2, -0.15) is 10.2 Å². The number of aliphatic hydroxyl groups is 1. The van der Waals surface area contributed by atoms with Gasteiger partial charge in [0.2, 0.25) is 0 Å². The average molecular weight is 164 g/mol. The SMILES string of the molecule is Cc1ccc([C@H]2C[C@@H]2CO)nn1. The van der Waals surface area contributed by atoms with Crippen LogP contribution in [-0.2, 0) is 0 Å². The van der Waals surface area contributed by atoms with Gasteiger partial charge in [-0.3, -0.25) is 0 Å². The maximum atomic E-state index is 8.84. The molecule has 0 spiro atoms. The summed E-state index contributed by atoms with van der Waals surface area (Å²) >= 11 is 0. The highest BCUT2D eigenvalue weighted by Crippen LogP contribution is 2.45. The van der Waals surface area contributed by atoms with E-state index in [1.54, 1.807) is 0 Å². The highest BCUT2D eigenvalue weighted by atomic mass is 16.3. The first kappa shape index (κ1) is 7.68. The van der Waals surface area contributed by atoms with Gasteiger partial charge < -0.3 is 5.11 Å². The van der Waals surface area contributed by atoms with Crippen molar-refractivity contribution in [2.45, 2.75) is 19.3 Å². The second kappa shape index (κ2) is 2.83. The lowest BCUT2D eigenvalue weighted by molar-refractivity contribution is 0.273. The normalized spacial score (nSPS) is 27.2. The van der Waals surface area contributed by atoms with Gasteiger partial charge in [0.25, 0.3) is 0 Å². The fourth-order valence-corrected chi connectivity index (χ4v) is 1.42. The van der Waals surface area contributed by atoms with Gasteiger partial charge in [-0.1, -0.05) is 0 Å². The Morgan fingerprint density at radius 1 is 1.50 bits per heavy atom. The Kier molecular flexibility index (Phi) is 1.81. The Balaban J connectivity index is 2.10. The van der Waals surface area contributed by atoms with Crippen LogP contribution in [0.3, 0.4) is 0 Å². The molecule has 0 aliphatic heterocycles. The average Bonchev–Trinajstić information content (AvgIpc) is 2.85. The zero-order valence-electron chi connectivity index (χ0n) is 7.07. The van der Waals surface area contributed by atoms with E-state index in [1.165, 1.54) is 0 Å². The standard InChI is InChI=1S/C9H12N2O/c1-6-2-3-9(11-10-6)8-4-7(8)5-12/h2-3,7-8,12H,4-5H2,1H3/t7-,8+/m1/s1. The van der Waals surface area contributed by atoms with Crippen LogP contribution in [-0.4, -0.2) is 21.9 Å². The van der Waals surface area contributed by atoms with Crippen molar-refractivity contribution in [1.82, 2.24) is 10.2 Å². The number of aryl methyl sites for hydroxylation is 1. The third kappa shape index (κ3) is 1.32. The Bertz CT molecular complexity index is 270. The van der Waals surface area contributed by atoms with Crippen LogP contribution in [0.5, 0.6) is 0 Å². The van der Waals surface area contributed by atoms with Crippen molar-refractivity contribution < 1.29 is 5.11 Å². The van der Waals surface area contributed by atoms with Gasteiger partial charge in [-0.15, -0.1) is 0 Å². The number of hydrogen-bond donors (Lipinski definition) is 1. The Morgan fingerprint density at radius 3 is 2.83 bits per heavy atom. The first-order chi connectivity index (χ1) is 5.81. The van der Waals surface area contributed by atoms with E-state index in [0.717, 1.165) is 17.8 Å². The number of aliphatic hydroxyl groups excluding tert-OH is 1. The first-order valence-corrected chi connectivity index (χ1v) is 4.22. The van der Waals surface area contributed by atoms with E-state index in [1.807, 2.05) is 19.1 Å². The quantitative estimate of drug-likeness (QED) is 0.705. The van der Waals surface area contributed by atoms with E-state index in [9.17, 15) is 0 Å². The van der Waals surface area contributed by atoms with Crippen LogP contribution in [0, 0.1) is 12.8 Å². The smallest absolute Gasteiger partial charge is 0.0665 e. The summed E-state index contributed by atoms with van der Waals surface area (Å²) in [5.41, 5.74) is 1.97.